The van der Waals surface area contributed by atoms with Crippen molar-refractivity contribution >= 4 is 34.8 Å². The molecular weight excluding hydrogens is 295 g/mol. The molecule has 2 aromatic rings. The minimum Gasteiger partial charge on any atom is -0.288 e. The van der Waals surface area contributed by atoms with E-state index in [0.717, 1.165) is 0 Å². The molecule has 0 aromatic heterocycles. The van der Waals surface area contributed by atoms with Gasteiger partial charge in [0, 0.05) is 11.1 Å². The van der Waals surface area contributed by atoms with E-state index in [2.05, 4.69) is 0 Å². The van der Waals surface area contributed by atoms with Crippen LogP contribution in [-0.2, 0) is 0 Å². The van der Waals surface area contributed by atoms with Crippen LogP contribution in [-0.4, -0.2) is 11.6 Å². The Balaban J connectivity index is 2.32. The number of rotatable bonds is 4. The van der Waals surface area contributed by atoms with Crippen molar-refractivity contribution in [1.82, 2.24) is 0 Å². The molecule has 0 amide bonds. The fourth-order valence-electron chi connectivity index (χ4n) is 1.63. The minimum atomic E-state index is -0.471. The van der Waals surface area contributed by atoms with Crippen molar-refractivity contribution in [2.75, 3.05) is 0 Å². The van der Waals surface area contributed by atoms with E-state index in [0.29, 0.717) is 11.1 Å². The third-order valence-corrected chi connectivity index (χ3v) is 3.48. The zero-order chi connectivity index (χ0) is 14.5. The van der Waals surface area contributed by atoms with Crippen molar-refractivity contribution in [3.63, 3.8) is 0 Å². The van der Waals surface area contributed by atoms with E-state index >= 15 is 0 Å². The van der Waals surface area contributed by atoms with Crippen LogP contribution in [0.1, 0.15) is 20.7 Å². The maximum Gasteiger partial charge on any atom is 0.206 e. The normalized spacial score (nSPS) is 11.7. The van der Waals surface area contributed by atoms with Crippen LogP contribution >= 0.6 is 23.2 Å². The Bertz CT molecular complexity index is 602. The summed E-state index contributed by atoms with van der Waals surface area (Å²) in [6, 6.07) is 16.9. The van der Waals surface area contributed by atoms with Gasteiger partial charge in [0.1, 0.15) is 10.1 Å². The van der Waals surface area contributed by atoms with E-state index in [1.165, 1.54) is 0 Å². The van der Waals surface area contributed by atoms with E-state index in [1.54, 1.807) is 60.7 Å². The largest absolute Gasteiger partial charge is 0.288 e. The molecule has 0 heterocycles. The Hall–Kier alpha value is -1.90. The lowest BCUT2D eigenvalue weighted by atomic mass is 10.1. The smallest absolute Gasteiger partial charge is 0.206 e. The molecule has 0 N–H and O–H groups in total. The number of carbonyl (C=O) groups excluding carboxylic acids is 2. The molecule has 0 saturated carbocycles. The van der Waals surface area contributed by atoms with Crippen LogP contribution < -0.4 is 0 Å². The fraction of sp³-hybridized carbons (Fsp3) is 0. The average molecular weight is 305 g/mol. The number of halogens is 2. The van der Waals surface area contributed by atoms with Gasteiger partial charge < -0.3 is 0 Å². The molecule has 0 atom stereocenters. The Labute approximate surface area is 126 Å². The Kier molecular flexibility index (Phi) is 4.72. The number of hydrogen-bond acceptors (Lipinski definition) is 2. The first-order valence-electron chi connectivity index (χ1n) is 5.86. The monoisotopic (exact) mass is 304 g/mol. The summed E-state index contributed by atoms with van der Waals surface area (Å²) in [4.78, 5) is 24.2. The highest BCUT2D eigenvalue weighted by Gasteiger charge is 2.20. The standard InChI is InChI=1S/C16H10Cl2O2/c17-13(15(19)11-7-3-1-4-8-11)14(18)16(20)12-9-5-2-6-10-12/h1-10H. The molecule has 0 radical (unpaired) electrons. The molecule has 2 aromatic carbocycles. The molecule has 100 valence electrons. The maximum atomic E-state index is 12.1. The molecule has 4 heteroatoms. The Morgan fingerprint density at radius 2 is 0.900 bits per heavy atom. The van der Waals surface area contributed by atoms with Crippen LogP contribution in [0.5, 0.6) is 0 Å². The average Bonchev–Trinajstić information content (AvgIpc) is 2.53. The van der Waals surface area contributed by atoms with Gasteiger partial charge in [-0.15, -0.1) is 0 Å². The van der Waals surface area contributed by atoms with E-state index in [9.17, 15) is 9.59 Å². The maximum absolute atomic E-state index is 12.1. The van der Waals surface area contributed by atoms with E-state index in [-0.39, 0.29) is 10.1 Å². The van der Waals surface area contributed by atoms with Crippen LogP contribution in [0.15, 0.2) is 70.7 Å². The summed E-state index contributed by atoms with van der Waals surface area (Å²) in [5.74, 6) is -0.942. The van der Waals surface area contributed by atoms with Gasteiger partial charge in [0.25, 0.3) is 0 Å². The lowest BCUT2D eigenvalue weighted by Gasteiger charge is -2.03. The van der Waals surface area contributed by atoms with Gasteiger partial charge in [-0.3, -0.25) is 9.59 Å². The summed E-state index contributed by atoms with van der Waals surface area (Å²) in [5, 5.41) is -0.543. The van der Waals surface area contributed by atoms with Crippen LogP contribution in [0, 0.1) is 0 Å². The number of allylic oxidation sites excluding steroid dienone is 2. The van der Waals surface area contributed by atoms with E-state index in [4.69, 9.17) is 23.2 Å². The SMILES string of the molecule is O=C(C(Cl)=C(Cl)C(=O)c1ccccc1)c1ccccc1. The fourth-order valence-corrected chi connectivity index (χ4v) is 2.02. The first kappa shape index (κ1) is 14.5. The van der Waals surface area contributed by atoms with Crippen molar-refractivity contribution in [3.8, 4) is 0 Å². The van der Waals surface area contributed by atoms with Crippen molar-refractivity contribution in [1.29, 1.82) is 0 Å². The number of benzene rings is 2. The second-order valence-corrected chi connectivity index (χ2v) is 4.77. The summed E-state index contributed by atoms with van der Waals surface area (Å²) in [6.45, 7) is 0. The first-order valence-corrected chi connectivity index (χ1v) is 6.61. The van der Waals surface area contributed by atoms with Crippen LogP contribution in [0.2, 0.25) is 0 Å². The predicted molar refractivity (Wildman–Crippen MR) is 80.3 cm³/mol. The van der Waals surface area contributed by atoms with Gasteiger partial charge in [-0.25, -0.2) is 0 Å². The second kappa shape index (κ2) is 6.51. The van der Waals surface area contributed by atoms with Crippen molar-refractivity contribution < 1.29 is 9.59 Å². The summed E-state index contributed by atoms with van der Waals surface area (Å²) in [7, 11) is 0. The van der Waals surface area contributed by atoms with Gasteiger partial charge >= 0.3 is 0 Å². The van der Waals surface area contributed by atoms with Gasteiger partial charge in [-0.1, -0.05) is 83.9 Å². The lowest BCUT2D eigenvalue weighted by Crippen LogP contribution is -2.06. The molecule has 0 aliphatic rings. The van der Waals surface area contributed by atoms with Crippen LogP contribution in [0.25, 0.3) is 0 Å². The highest BCUT2D eigenvalue weighted by atomic mass is 35.5. The molecular formula is C16H10Cl2O2. The molecule has 20 heavy (non-hydrogen) atoms. The summed E-state index contributed by atoms with van der Waals surface area (Å²) in [6.07, 6.45) is 0. The number of hydrogen-bond donors (Lipinski definition) is 0. The molecule has 0 unspecified atom stereocenters. The molecule has 0 aliphatic heterocycles. The van der Waals surface area contributed by atoms with Crippen LogP contribution in [0.4, 0.5) is 0 Å². The topological polar surface area (TPSA) is 34.1 Å². The van der Waals surface area contributed by atoms with Crippen molar-refractivity contribution in [2.24, 2.45) is 0 Å². The molecule has 2 nitrogen and oxygen atoms in total. The highest BCUT2D eigenvalue weighted by molar-refractivity contribution is 6.56. The third-order valence-electron chi connectivity index (χ3n) is 2.66. The summed E-state index contributed by atoms with van der Waals surface area (Å²) < 4.78 is 0. The molecule has 0 fully saturated rings. The van der Waals surface area contributed by atoms with Gasteiger partial charge in [0.05, 0.1) is 0 Å². The first-order chi connectivity index (χ1) is 9.61. The molecule has 0 spiro atoms. The Morgan fingerprint density at radius 1 is 0.600 bits per heavy atom. The molecule has 0 aliphatic carbocycles. The second-order valence-electron chi connectivity index (χ2n) is 4.02. The summed E-state index contributed by atoms with van der Waals surface area (Å²) >= 11 is 11.9. The highest BCUT2D eigenvalue weighted by Crippen LogP contribution is 2.22. The van der Waals surface area contributed by atoms with Gasteiger partial charge in [-0.05, 0) is 0 Å². The molecule has 0 saturated heterocycles. The number of ketones is 2. The van der Waals surface area contributed by atoms with Crippen LogP contribution in [0.3, 0.4) is 0 Å². The minimum absolute atomic E-state index is 0.272. The molecule has 0 bridgehead atoms. The zero-order valence-corrected chi connectivity index (χ0v) is 11.9. The van der Waals surface area contributed by atoms with E-state index in [1.807, 2.05) is 0 Å². The van der Waals surface area contributed by atoms with Gasteiger partial charge in [0.15, 0.2) is 0 Å². The zero-order valence-electron chi connectivity index (χ0n) is 10.3. The third kappa shape index (κ3) is 3.16. The number of carbonyl (C=O) groups is 2. The number of Topliss-reactive ketones (excluding diaryl/α,β-unsaturated/α-hetero) is 2. The van der Waals surface area contributed by atoms with Crippen molar-refractivity contribution in [2.45, 2.75) is 0 Å². The van der Waals surface area contributed by atoms with Gasteiger partial charge in [-0.2, -0.15) is 0 Å². The van der Waals surface area contributed by atoms with E-state index < -0.39 is 11.6 Å². The predicted octanol–water partition coefficient (Wildman–Crippen LogP) is 4.44. The Morgan fingerprint density at radius 3 is 1.20 bits per heavy atom. The van der Waals surface area contributed by atoms with Gasteiger partial charge in [0.2, 0.25) is 11.6 Å². The lowest BCUT2D eigenvalue weighted by molar-refractivity contribution is 0.101. The summed E-state index contributed by atoms with van der Waals surface area (Å²) in [5.41, 5.74) is 0.771. The molecule has 2 rings (SSSR count). The van der Waals surface area contributed by atoms with Crippen molar-refractivity contribution in [3.05, 3.63) is 81.9 Å². The quantitative estimate of drug-likeness (QED) is 0.618.